The fourth-order valence-corrected chi connectivity index (χ4v) is 3.69. The van der Waals surface area contributed by atoms with Gasteiger partial charge in [0.1, 0.15) is 0 Å². The predicted octanol–water partition coefficient (Wildman–Crippen LogP) is 0.933. The van der Waals surface area contributed by atoms with Crippen molar-refractivity contribution in [2.24, 2.45) is 5.92 Å². The minimum absolute atomic E-state index is 0.0196. The third-order valence-electron chi connectivity index (χ3n) is 4.74. The summed E-state index contributed by atoms with van der Waals surface area (Å²) in [4.78, 5) is 26.1. The Morgan fingerprint density at radius 2 is 2.05 bits per heavy atom. The normalized spacial score (nSPS) is 28.0. The van der Waals surface area contributed by atoms with E-state index in [2.05, 4.69) is 15.5 Å². The summed E-state index contributed by atoms with van der Waals surface area (Å²) < 4.78 is 0. The predicted molar refractivity (Wildman–Crippen MR) is 83.1 cm³/mol. The first kappa shape index (κ1) is 16.4. The topological polar surface area (TPSA) is 61.4 Å². The van der Waals surface area contributed by atoms with Gasteiger partial charge in [-0.1, -0.05) is 13.8 Å². The fourth-order valence-electron chi connectivity index (χ4n) is 3.69. The summed E-state index contributed by atoms with van der Waals surface area (Å²) in [6, 6.07) is 0.658. The van der Waals surface area contributed by atoms with Crippen molar-refractivity contribution in [2.45, 2.75) is 64.6 Å². The van der Waals surface area contributed by atoms with Crippen LogP contribution in [0.25, 0.3) is 0 Å². The van der Waals surface area contributed by atoms with E-state index in [-0.39, 0.29) is 23.7 Å². The van der Waals surface area contributed by atoms with Gasteiger partial charge in [-0.15, -0.1) is 0 Å². The van der Waals surface area contributed by atoms with Crippen molar-refractivity contribution < 1.29 is 9.59 Å². The SMILES string of the molecule is CC(=O)C(NC(=O)CN1CCCC1C1CCCN1)C(C)C. The zero-order valence-electron chi connectivity index (χ0n) is 13.5. The molecule has 2 aliphatic rings. The molecular weight excluding hydrogens is 266 g/mol. The van der Waals surface area contributed by atoms with E-state index in [0.29, 0.717) is 18.6 Å². The Morgan fingerprint density at radius 1 is 1.29 bits per heavy atom. The van der Waals surface area contributed by atoms with Crippen LogP contribution in [0.4, 0.5) is 0 Å². The molecule has 3 unspecified atom stereocenters. The standard InChI is InChI=1S/C16H29N3O2/c1-11(2)16(12(3)20)18-15(21)10-19-9-5-7-14(19)13-6-4-8-17-13/h11,13-14,16-17H,4-10H2,1-3H3,(H,18,21). The van der Waals surface area contributed by atoms with Gasteiger partial charge in [0.15, 0.2) is 5.78 Å². The first-order chi connectivity index (χ1) is 9.99. The summed E-state index contributed by atoms with van der Waals surface area (Å²) >= 11 is 0. The number of carbonyl (C=O) groups excluding carboxylic acids is 2. The van der Waals surface area contributed by atoms with E-state index in [0.717, 1.165) is 19.5 Å². The zero-order chi connectivity index (χ0) is 15.4. The van der Waals surface area contributed by atoms with Crippen LogP contribution < -0.4 is 10.6 Å². The Morgan fingerprint density at radius 3 is 2.62 bits per heavy atom. The Balaban J connectivity index is 1.87. The molecule has 2 heterocycles. The third kappa shape index (κ3) is 4.27. The quantitative estimate of drug-likeness (QED) is 0.765. The molecule has 0 radical (unpaired) electrons. The number of hydrogen-bond acceptors (Lipinski definition) is 4. The summed E-state index contributed by atoms with van der Waals surface area (Å²) in [7, 11) is 0. The number of rotatable bonds is 6. The van der Waals surface area contributed by atoms with Crippen LogP contribution >= 0.6 is 0 Å². The molecule has 2 aliphatic heterocycles. The zero-order valence-corrected chi connectivity index (χ0v) is 13.5. The molecule has 5 heteroatoms. The van der Waals surface area contributed by atoms with Crippen LogP contribution in [0.2, 0.25) is 0 Å². The minimum atomic E-state index is -0.358. The maximum absolute atomic E-state index is 12.3. The van der Waals surface area contributed by atoms with Gasteiger partial charge in [-0.25, -0.2) is 0 Å². The van der Waals surface area contributed by atoms with Crippen LogP contribution in [0.15, 0.2) is 0 Å². The van der Waals surface area contributed by atoms with Crippen molar-refractivity contribution >= 4 is 11.7 Å². The van der Waals surface area contributed by atoms with Crippen LogP contribution in [0.1, 0.15) is 46.5 Å². The number of ketones is 1. The van der Waals surface area contributed by atoms with Gasteiger partial charge in [-0.05, 0) is 51.6 Å². The molecule has 1 amide bonds. The van der Waals surface area contributed by atoms with Gasteiger partial charge in [-0.2, -0.15) is 0 Å². The minimum Gasteiger partial charge on any atom is -0.345 e. The van der Waals surface area contributed by atoms with Crippen molar-refractivity contribution in [3.8, 4) is 0 Å². The lowest BCUT2D eigenvalue weighted by atomic mass is 10.0. The smallest absolute Gasteiger partial charge is 0.234 e. The molecule has 0 saturated carbocycles. The second-order valence-electron chi connectivity index (χ2n) is 6.78. The maximum atomic E-state index is 12.3. The van der Waals surface area contributed by atoms with E-state index in [1.807, 2.05) is 13.8 Å². The van der Waals surface area contributed by atoms with E-state index < -0.39 is 0 Å². The van der Waals surface area contributed by atoms with E-state index in [9.17, 15) is 9.59 Å². The van der Waals surface area contributed by atoms with Gasteiger partial charge < -0.3 is 10.6 Å². The number of amides is 1. The molecule has 5 nitrogen and oxygen atoms in total. The molecule has 2 N–H and O–H groups in total. The number of carbonyl (C=O) groups is 2. The Bertz CT molecular complexity index is 378. The van der Waals surface area contributed by atoms with Crippen molar-refractivity contribution in [3.05, 3.63) is 0 Å². The van der Waals surface area contributed by atoms with Gasteiger partial charge in [0.25, 0.3) is 0 Å². The van der Waals surface area contributed by atoms with Crippen molar-refractivity contribution in [3.63, 3.8) is 0 Å². The number of nitrogens with zero attached hydrogens (tertiary/aromatic N) is 1. The summed E-state index contributed by atoms with van der Waals surface area (Å²) in [6.07, 6.45) is 4.79. The van der Waals surface area contributed by atoms with Crippen molar-refractivity contribution in [2.75, 3.05) is 19.6 Å². The van der Waals surface area contributed by atoms with Gasteiger partial charge in [0, 0.05) is 12.1 Å². The summed E-state index contributed by atoms with van der Waals surface area (Å²) in [5.41, 5.74) is 0. The highest BCUT2D eigenvalue weighted by Crippen LogP contribution is 2.24. The number of hydrogen-bond donors (Lipinski definition) is 2. The molecular formula is C16H29N3O2. The summed E-state index contributed by atoms with van der Waals surface area (Å²) in [5, 5.41) is 6.45. The highest BCUT2D eigenvalue weighted by molar-refractivity contribution is 5.88. The first-order valence-corrected chi connectivity index (χ1v) is 8.26. The van der Waals surface area contributed by atoms with E-state index >= 15 is 0 Å². The number of likely N-dealkylation sites (tertiary alicyclic amines) is 1. The molecule has 3 atom stereocenters. The molecule has 0 bridgehead atoms. The molecule has 0 aromatic rings. The molecule has 0 aromatic carbocycles. The molecule has 2 fully saturated rings. The van der Waals surface area contributed by atoms with Gasteiger partial charge >= 0.3 is 0 Å². The Kier molecular flexibility index (Phi) is 5.76. The summed E-state index contributed by atoms with van der Waals surface area (Å²) in [6.45, 7) is 7.98. The second-order valence-corrected chi connectivity index (χ2v) is 6.78. The average Bonchev–Trinajstić information content (AvgIpc) is 3.05. The highest BCUT2D eigenvalue weighted by Gasteiger charge is 2.34. The van der Waals surface area contributed by atoms with Crippen LogP contribution in [-0.4, -0.2) is 54.4 Å². The lowest BCUT2D eigenvalue weighted by Gasteiger charge is -2.29. The highest BCUT2D eigenvalue weighted by atomic mass is 16.2. The van der Waals surface area contributed by atoms with Crippen LogP contribution in [0.3, 0.4) is 0 Å². The number of nitrogens with one attached hydrogen (secondary N) is 2. The lowest BCUT2D eigenvalue weighted by Crippen LogP contribution is -2.51. The maximum Gasteiger partial charge on any atom is 0.234 e. The van der Waals surface area contributed by atoms with E-state index in [1.54, 1.807) is 6.92 Å². The van der Waals surface area contributed by atoms with Crippen LogP contribution in [0, 0.1) is 5.92 Å². The lowest BCUT2D eigenvalue weighted by molar-refractivity contribution is -0.128. The molecule has 0 aromatic heterocycles. The third-order valence-corrected chi connectivity index (χ3v) is 4.74. The van der Waals surface area contributed by atoms with Gasteiger partial charge in [0.05, 0.1) is 12.6 Å². The molecule has 0 aliphatic carbocycles. The molecule has 2 rings (SSSR count). The van der Waals surface area contributed by atoms with Crippen LogP contribution in [-0.2, 0) is 9.59 Å². The van der Waals surface area contributed by atoms with Crippen molar-refractivity contribution in [1.82, 2.24) is 15.5 Å². The summed E-state index contributed by atoms with van der Waals surface area (Å²) in [5.74, 6) is 0.153. The largest absolute Gasteiger partial charge is 0.345 e. The van der Waals surface area contributed by atoms with E-state index in [4.69, 9.17) is 0 Å². The molecule has 120 valence electrons. The van der Waals surface area contributed by atoms with Crippen molar-refractivity contribution in [1.29, 1.82) is 0 Å². The molecule has 0 spiro atoms. The fraction of sp³-hybridized carbons (Fsp3) is 0.875. The first-order valence-electron chi connectivity index (χ1n) is 8.26. The average molecular weight is 295 g/mol. The Hall–Kier alpha value is -0.940. The van der Waals surface area contributed by atoms with E-state index in [1.165, 1.54) is 19.3 Å². The van der Waals surface area contributed by atoms with Crippen LogP contribution in [0.5, 0.6) is 0 Å². The number of Topliss-reactive ketones (excluding diaryl/α,β-unsaturated/α-hetero) is 1. The molecule has 21 heavy (non-hydrogen) atoms. The molecule has 2 saturated heterocycles. The van der Waals surface area contributed by atoms with Gasteiger partial charge in [0.2, 0.25) is 5.91 Å². The monoisotopic (exact) mass is 295 g/mol. The second kappa shape index (κ2) is 7.36. The van der Waals surface area contributed by atoms with Gasteiger partial charge in [-0.3, -0.25) is 14.5 Å². The Labute approximate surface area is 127 Å².